The van der Waals surface area contributed by atoms with Crippen molar-refractivity contribution < 1.29 is 8.95 Å². The van der Waals surface area contributed by atoms with Crippen LogP contribution in [0.4, 0.5) is 0 Å². The number of hydrogen-bond donors (Lipinski definition) is 1. The van der Waals surface area contributed by atoms with Gasteiger partial charge in [-0.2, -0.15) is 0 Å². The SMILES string of the molecule is COCCS(=O)C1CCC(N)C1. The zero-order valence-corrected chi connectivity index (χ0v) is 8.31. The van der Waals surface area contributed by atoms with E-state index < -0.39 is 10.8 Å². The number of rotatable bonds is 4. The van der Waals surface area contributed by atoms with Crippen molar-refractivity contribution in [3.63, 3.8) is 0 Å². The average Bonchev–Trinajstić information content (AvgIpc) is 2.47. The third-order valence-electron chi connectivity index (χ3n) is 2.29. The molecular weight excluding hydrogens is 174 g/mol. The summed E-state index contributed by atoms with van der Waals surface area (Å²) in [5.41, 5.74) is 5.73. The molecule has 0 radical (unpaired) electrons. The summed E-state index contributed by atoms with van der Waals surface area (Å²) >= 11 is 0. The molecule has 0 heterocycles. The molecule has 0 aromatic heterocycles. The summed E-state index contributed by atoms with van der Waals surface area (Å²) in [6.07, 6.45) is 2.98. The van der Waals surface area contributed by atoms with Crippen molar-refractivity contribution in [3.8, 4) is 0 Å². The Labute approximate surface area is 76.1 Å². The smallest absolute Gasteiger partial charge is 0.0577 e. The molecule has 1 aliphatic carbocycles. The highest BCUT2D eigenvalue weighted by atomic mass is 32.2. The third kappa shape index (κ3) is 2.84. The number of hydrogen-bond acceptors (Lipinski definition) is 3. The highest BCUT2D eigenvalue weighted by Crippen LogP contribution is 2.22. The molecule has 1 fully saturated rings. The zero-order chi connectivity index (χ0) is 8.97. The molecule has 0 aromatic carbocycles. The number of nitrogens with two attached hydrogens (primary N) is 1. The van der Waals surface area contributed by atoms with Gasteiger partial charge in [0, 0.05) is 35.0 Å². The third-order valence-corrected chi connectivity index (χ3v) is 4.03. The van der Waals surface area contributed by atoms with E-state index in [0.717, 1.165) is 19.3 Å². The van der Waals surface area contributed by atoms with E-state index in [9.17, 15) is 4.21 Å². The van der Waals surface area contributed by atoms with Crippen LogP contribution < -0.4 is 5.73 Å². The van der Waals surface area contributed by atoms with Crippen LogP contribution in [0.5, 0.6) is 0 Å². The van der Waals surface area contributed by atoms with Crippen LogP contribution in [-0.2, 0) is 15.5 Å². The maximum Gasteiger partial charge on any atom is 0.0577 e. The Morgan fingerprint density at radius 2 is 2.33 bits per heavy atom. The van der Waals surface area contributed by atoms with Crippen molar-refractivity contribution in [2.75, 3.05) is 19.5 Å². The Balaban J connectivity index is 2.23. The predicted octanol–water partition coefficient (Wildman–Crippen LogP) is 0.261. The van der Waals surface area contributed by atoms with Gasteiger partial charge in [-0.15, -0.1) is 0 Å². The maximum atomic E-state index is 11.5. The van der Waals surface area contributed by atoms with E-state index in [1.165, 1.54) is 0 Å². The first-order valence-corrected chi connectivity index (χ1v) is 5.74. The van der Waals surface area contributed by atoms with Crippen molar-refractivity contribution >= 4 is 10.8 Å². The monoisotopic (exact) mass is 191 g/mol. The molecule has 0 bridgehead atoms. The first kappa shape index (κ1) is 10.2. The van der Waals surface area contributed by atoms with Gasteiger partial charge in [-0.1, -0.05) is 0 Å². The molecule has 3 atom stereocenters. The molecule has 0 amide bonds. The topological polar surface area (TPSA) is 52.3 Å². The van der Waals surface area contributed by atoms with Crippen molar-refractivity contribution in [2.24, 2.45) is 5.73 Å². The van der Waals surface area contributed by atoms with Gasteiger partial charge < -0.3 is 10.5 Å². The molecule has 0 saturated heterocycles. The maximum absolute atomic E-state index is 11.5. The van der Waals surface area contributed by atoms with Crippen LogP contribution >= 0.6 is 0 Å². The molecule has 0 aromatic rings. The van der Waals surface area contributed by atoms with Crippen molar-refractivity contribution in [1.82, 2.24) is 0 Å². The van der Waals surface area contributed by atoms with Gasteiger partial charge in [0.15, 0.2) is 0 Å². The van der Waals surface area contributed by atoms with Crippen LogP contribution in [0.1, 0.15) is 19.3 Å². The van der Waals surface area contributed by atoms with E-state index in [1.54, 1.807) is 7.11 Å². The predicted molar refractivity (Wildman–Crippen MR) is 50.5 cm³/mol. The summed E-state index contributed by atoms with van der Waals surface area (Å²) in [4.78, 5) is 0. The standard InChI is InChI=1S/C8H17NO2S/c1-11-4-5-12(10)8-3-2-7(9)6-8/h7-8H,2-6,9H2,1H3. The van der Waals surface area contributed by atoms with E-state index >= 15 is 0 Å². The molecule has 12 heavy (non-hydrogen) atoms. The molecule has 0 spiro atoms. The number of methoxy groups -OCH3 is 1. The Morgan fingerprint density at radius 3 is 2.83 bits per heavy atom. The normalized spacial score (nSPS) is 32.2. The van der Waals surface area contributed by atoms with Crippen molar-refractivity contribution in [1.29, 1.82) is 0 Å². The summed E-state index contributed by atoms with van der Waals surface area (Å²) in [6, 6.07) is 0.279. The molecule has 0 aliphatic heterocycles. The first-order chi connectivity index (χ1) is 5.74. The lowest BCUT2D eigenvalue weighted by molar-refractivity contribution is 0.218. The molecule has 3 nitrogen and oxygen atoms in total. The minimum atomic E-state index is -0.721. The molecule has 1 rings (SSSR count). The van der Waals surface area contributed by atoms with Crippen LogP contribution in [0, 0.1) is 0 Å². The van der Waals surface area contributed by atoms with Crippen LogP contribution in [0.25, 0.3) is 0 Å². The van der Waals surface area contributed by atoms with Gasteiger partial charge in [-0.3, -0.25) is 4.21 Å². The lowest BCUT2D eigenvalue weighted by Crippen LogP contribution is -2.21. The van der Waals surface area contributed by atoms with Crippen LogP contribution in [-0.4, -0.2) is 35.0 Å². The van der Waals surface area contributed by atoms with Crippen molar-refractivity contribution in [3.05, 3.63) is 0 Å². The molecule has 2 N–H and O–H groups in total. The van der Waals surface area contributed by atoms with Gasteiger partial charge in [0.1, 0.15) is 0 Å². The molecular formula is C8H17NO2S. The fourth-order valence-electron chi connectivity index (χ4n) is 1.54. The number of ether oxygens (including phenoxy) is 1. The largest absolute Gasteiger partial charge is 0.384 e. The van der Waals surface area contributed by atoms with Crippen LogP contribution in [0.15, 0.2) is 0 Å². The minimum absolute atomic E-state index is 0.279. The molecule has 1 saturated carbocycles. The quantitative estimate of drug-likeness (QED) is 0.693. The Hall–Kier alpha value is 0.0700. The summed E-state index contributed by atoms with van der Waals surface area (Å²) < 4.78 is 16.4. The molecule has 72 valence electrons. The Bertz CT molecular complexity index is 163. The van der Waals surface area contributed by atoms with Gasteiger partial charge in [0.2, 0.25) is 0 Å². The lowest BCUT2D eigenvalue weighted by atomic mass is 10.3. The molecule has 4 heteroatoms. The lowest BCUT2D eigenvalue weighted by Gasteiger charge is -2.08. The van der Waals surface area contributed by atoms with E-state index in [4.69, 9.17) is 10.5 Å². The van der Waals surface area contributed by atoms with Crippen LogP contribution in [0.3, 0.4) is 0 Å². The first-order valence-electron chi connectivity index (χ1n) is 4.35. The Kier molecular flexibility index (Phi) is 4.18. The van der Waals surface area contributed by atoms with E-state index in [1.807, 2.05) is 0 Å². The van der Waals surface area contributed by atoms with Gasteiger partial charge in [-0.05, 0) is 19.3 Å². The second-order valence-corrected chi connectivity index (χ2v) is 5.11. The minimum Gasteiger partial charge on any atom is -0.384 e. The average molecular weight is 191 g/mol. The summed E-state index contributed by atoms with van der Waals surface area (Å²) in [7, 11) is 0.916. The fourth-order valence-corrected chi connectivity index (χ4v) is 3.07. The zero-order valence-electron chi connectivity index (χ0n) is 7.49. The van der Waals surface area contributed by atoms with Gasteiger partial charge in [0.05, 0.1) is 6.61 Å². The van der Waals surface area contributed by atoms with E-state index in [-0.39, 0.29) is 6.04 Å². The summed E-state index contributed by atoms with van der Waals surface area (Å²) in [5.74, 6) is 0.661. The fraction of sp³-hybridized carbons (Fsp3) is 1.00. The summed E-state index contributed by atoms with van der Waals surface area (Å²) in [5, 5.41) is 0.329. The molecule has 1 aliphatic rings. The van der Waals surface area contributed by atoms with E-state index in [2.05, 4.69) is 0 Å². The molecule has 3 unspecified atom stereocenters. The highest BCUT2D eigenvalue weighted by Gasteiger charge is 2.26. The van der Waals surface area contributed by atoms with Gasteiger partial charge in [-0.25, -0.2) is 0 Å². The van der Waals surface area contributed by atoms with Gasteiger partial charge in [0.25, 0.3) is 0 Å². The second kappa shape index (κ2) is 4.94. The highest BCUT2D eigenvalue weighted by molar-refractivity contribution is 7.85. The summed E-state index contributed by atoms with van der Waals surface area (Å²) in [6.45, 7) is 0.596. The van der Waals surface area contributed by atoms with E-state index in [0.29, 0.717) is 17.6 Å². The van der Waals surface area contributed by atoms with Crippen molar-refractivity contribution in [2.45, 2.75) is 30.6 Å². The van der Waals surface area contributed by atoms with Crippen LogP contribution in [0.2, 0.25) is 0 Å². The second-order valence-electron chi connectivity index (χ2n) is 3.27. The van der Waals surface area contributed by atoms with Gasteiger partial charge >= 0.3 is 0 Å². The Morgan fingerprint density at radius 1 is 1.58 bits per heavy atom.